The van der Waals surface area contributed by atoms with E-state index in [4.69, 9.17) is 4.18 Å². The molecule has 7 heteroatoms. The smallest absolute Gasteiger partial charge is 0.339 e. The van der Waals surface area contributed by atoms with E-state index in [1.54, 1.807) is 19.1 Å². The van der Waals surface area contributed by atoms with Gasteiger partial charge in [0.2, 0.25) is 0 Å². The minimum atomic E-state index is -4.16. The van der Waals surface area contributed by atoms with E-state index < -0.39 is 20.0 Å². The number of hydrogen-bond acceptors (Lipinski definition) is 5. The molecule has 0 saturated heterocycles. The molecule has 0 aliphatic heterocycles. The van der Waals surface area contributed by atoms with Gasteiger partial charge in [-0.25, -0.2) is 8.42 Å². The molecule has 0 fully saturated rings. The Kier molecular flexibility index (Phi) is 5.27. The Morgan fingerprint density at radius 2 is 1.35 bits per heavy atom. The molecule has 0 aromatic heterocycles. The molecule has 142 valence electrons. The van der Waals surface area contributed by atoms with Crippen LogP contribution in [0.1, 0.15) is 37.5 Å². The number of rotatable bonds is 4. The number of aryl methyl sites for hydroxylation is 1. The van der Waals surface area contributed by atoms with Crippen molar-refractivity contribution in [2.24, 2.45) is 0 Å². The largest absolute Gasteiger partial charge is 0.379 e. The summed E-state index contributed by atoms with van der Waals surface area (Å²) < 4.78 is 54.6. The van der Waals surface area contributed by atoms with Crippen LogP contribution in [0.3, 0.4) is 0 Å². The maximum absolute atomic E-state index is 12.7. The van der Waals surface area contributed by atoms with Crippen molar-refractivity contribution in [1.82, 2.24) is 0 Å². The van der Waals surface area contributed by atoms with E-state index in [1.807, 2.05) is 12.1 Å². The molecule has 2 aromatic rings. The van der Waals surface area contributed by atoms with Gasteiger partial charge >= 0.3 is 10.1 Å². The van der Waals surface area contributed by atoms with Crippen LogP contribution in [0.4, 0.5) is 0 Å². The maximum atomic E-state index is 12.7. The molecule has 2 aromatic carbocycles. The lowest BCUT2D eigenvalue weighted by Crippen LogP contribution is -2.14. The molecule has 0 bridgehead atoms. The second-order valence-electron chi connectivity index (χ2n) is 7.47. The summed E-state index contributed by atoms with van der Waals surface area (Å²) >= 11 is 0. The Bertz CT molecular complexity index is 1030. The van der Waals surface area contributed by atoms with E-state index in [2.05, 4.69) is 20.8 Å². The molecule has 0 heterocycles. The summed E-state index contributed by atoms with van der Waals surface area (Å²) in [7, 11) is -7.72. The van der Waals surface area contributed by atoms with E-state index in [-0.39, 0.29) is 26.5 Å². The first-order valence-electron chi connectivity index (χ1n) is 8.08. The highest BCUT2D eigenvalue weighted by Gasteiger charge is 2.25. The van der Waals surface area contributed by atoms with Crippen LogP contribution in [0.15, 0.2) is 46.2 Å². The van der Waals surface area contributed by atoms with E-state index in [9.17, 15) is 16.8 Å². The minimum absolute atomic E-state index is 0.0113. The van der Waals surface area contributed by atoms with Gasteiger partial charge in [0.15, 0.2) is 9.84 Å². The Hall–Kier alpha value is -1.86. The molecule has 0 N–H and O–H groups in total. The predicted octanol–water partition coefficient (Wildman–Crippen LogP) is 3.77. The SMILES string of the molecule is Cc1cc(S(C)(=O)=O)c(C)c(S(=O)(=O)Oc2ccc(C(C)(C)C)cc2)c1. The lowest BCUT2D eigenvalue weighted by Gasteiger charge is -2.19. The zero-order valence-electron chi connectivity index (χ0n) is 15.8. The van der Waals surface area contributed by atoms with E-state index in [0.29, 0.717) is 5.56 Å². The van der Waals surface area contributed by atoms with Crippen molar-refractivity contribution in [3.8, 4) is 5.75 Å². The van der Waals surface area contributed by atoms with Crippen LogP contribution in [0.5, 0.6) is 5.75 Å². The summed E-state index contributed by atoms with van der Waals surface area (Å²) in [6, 6.07) is 9.71. The zero-order valence-corrected chi connectivity index (χ0v) is 17.5. The first-order valence-corrected chi connectivity index (χ1v) is 11.4. The van der Waals surface area contributed by atoms with Crippen LogP contribution < -0.4 is 4.18 Å². The van der Waals surface area contributed by atoms with Gasteiger partial charge in [-0.1, -0.05) is 32.9 Å². The molecule has 0 spiro atoms. The predicted molar refractivity (Wildman–Crippen MR) is 102 cm³/mol. The lowest BCUT2D eigenvalue weighted by molar-refractivity contribution is 0.484. The van der Waals surface area contributed by atoms with Crippen molar-refractivity contribution in [2.75, 3.05) is 6.26 Å². The fourth-order valence-electron chi connectivity index (χ4n) is 2.62. The van der Waals surface area contributed by atoms with Gasteiger partial charge in [0.05, 0.1) is 4.90 Å². The summed E-state index contributed by atoms with van der Waals surface area (Å²) in [4.78, 5) is -0.152. The molecule has 5 nitrogen and oxygen atoms in total. The van der Waals surface area contributed by atoms with Crippen LogP contribution in [0, 0.1) is 13.8 Å². The van der Waals surface area contributed by atoms with Crippen molar-refractivity contribution >= 4 is 20.0 Å². The quantitative estimate of drug-likeness (QED) is 0.735. The molecule has 0 amide bonds. The van der Waals surface area contributed by atoms with E-state index in [0.717, 1.165) is 11.8 Å². The highest BCUT2D eigenvalue weighted by molar-refractivity contribution is 7.91. The van der Waals surface area contributed by atoms with Crippen molar-refractivity contribution in [2.45, 2.75) is 49.8 Å². The molecule has 0 unspecified atom stereocenters. The summed E-state index contributed by atoms with van der Waals surface area (Å²) in [5, 5.41) is 0. The fraction of sp³-hybridized carbons (Fsp3) is 0.368. The Morgan fingerprint density at radius 3 is 1.81 bits per heavy atom. The zero-order chi connectivity index (χ0) is 19.9. The van der Waals surface area contributed by atoms with Crippen molar-refractivity contribution in [1.29, 1.82) is 0 Å². The second-order valence-corrected chi connectivity index (χ2v) is 11.0. The molecule has 0 aliphatic carbocycles. The first kappa shape index (κ1) is 20.5. The third kappa shape index (κ3) is 4.45. The third-order valence-corrected chi connectivity index (χ3v) is 6.65. The Labute approximate surface area is 156 Å². The van der Waals surface area contributed by atoms with E-state index >= 15 is 0 Å². The Balaban J connectivity index is 2.47. The van der Waals surface area contributed by atoms with Gasteiger partial charge in [0.25, 0.3) is 0 Å². The van der Waals surface area contributed by atoms with Gasteiger partial charge in [0.1, 0.15) is 10.6 Å². The van der Waals surface area contributed by atoms with Crippen LogP contribution in [-0.2, 0) is 25.4 Å². The van der Waals surface area contributed by atoms with Gasteiger partial charge in [-0.3, -0.25) is 0 Å². The molecule has 26 heavy (non-hydrogen) atoms. The van der Waals surface area contributed by atoms with Crippen LogP contribution in [-0.4, -0.2) is 23.1 Å². The normalized spacial score (nSPS) is 12.8. The van der Waals surface area contributed by atoms with Crippen molar-refractivity contribution in [3.05, 3.63) is 53.1 Å². The standard InChI is InChI=1S/C19H24O5S2/c1-13-11-17(25(6,20)21)14(2)18(12-13)26(22,23)24-16-9-7-15(8-10-16)19(3,4)5/h7-12H,1-6H3. The number of hydrogen-bond donors (Lipinski definition) is 0. The third-order valence-electron chi connectivity index (χ3n) is 4.05. The fourth-order valence-corrected chi connectivity index (χ4v) is 5.02. The lowest BCUT2D eigenvalue weighted by atomic mass is 9.87. The molecule has 2 rings (SSSR count). The average molecular weight is 397 g/mol. The second kappa shape index (κ2) is 6.70. The maximum Gasteiger partial charge on any atom is 0.339 e. The van der Waals surface area contributed by atoms with Gasteiger partial charge in [-0.05, 0) is 60.2 Å². The molecular weight excluding hydrogens is 372 g/mol. The molecule has 0 saturated carbocycles. The molecule has 0 radical (unpaired) electrons. The minimum Gasteiger partial charge on any atom is -0.379 e. The van der Waals surface area contributed by atoms with Gasteiger partial charge in [0, 0.05) is 6.26 Å². The Morgan fingerprint density at radius 1 is 0.846 bits per heavy atom. The monoisotopic (exact) mass is 396 g/mol. The van der Waals surface area contributed by atoms with Crippen molar-refractivity contribution < 1.29 is 21.0 Å². The highest BCUT2D eigenvalue weighted by atomic mass is 32.2. The topological polar surface area (TPSA) is 77.5 Å². The molecule has 0 aliphatic rings. The molecular formula is C19H24O5S2. The van der Waals surface area contributed by atoms with Crippen LogP contribution in [0.25, 0.3) is 0 Å². The first-order chi connectivity index (χ1) is 11.7. The van der Waals surface area contributed by atoms with Crippen LogP contribution in [0.2, 0.25) is 0 Å². The van der Waals surface area contributed by atoms with Gasteiger partial charge in [-0.2, -0.15) is 8.42 Å². The van der Waals surface area contributed by atoms with Crippen LogP contribution >= 0.6 is 0 Å². The average Bonchev–Trinajstić information content (AvgIpc) is 2.47. The summed E-state index contributed by atoms with van der Waals surface area (Å²) in [5.41, 5.74) is 1.67. The van der Waals surface area contributed by atoms with Crippen molar-refractivity contribution in [3.63, 3.8) is 0 Å². The number of sulfone groups is 1. The van der Waals surface area contributed by atoms with Gasteiger partial charge < -0.3 is 4.18 Å². The summed E-state index contributed by atoms with van der Waals surface area (Å²) in [6.45, 7) is 9.29. The summed E-state index contributed by atoms with van der Waals surface area (Å²) in [5.74, 6) is 0.180. The molecule has 0 atom stereocenters. The summed E-state index contributed by atoms with van der Waals surface area (Å²) in [6.07, 6.45) is 1.05. The number of benzene rings is 2. The highest BCUT2D eigenvalue weighted by Crippen LogP contribution is 2.29. The van der Waals surface area contributed by atoms with E-state index in [1.165, 1.54) is 19.1 Å². The van der Waals surface area contributed by atoms with Gasteiger partial charge in [-0.15, -0.1) is 0 Å².